The Morgan fingerprint density at radius 1 is 1.14 bits per heavy atom. The van der Waals surface area contributed by atoms with Crippen LogP contribution in [0.25, 0.3) is 0 Å². The Morgan fingerprint density at radius 3 is 2.29 bits per heavy atom. The maximum Gasteiger partial charge on any atom is 0.271 e. The number of hydrogen-bond donors (Lipinski definition) is 1. The molecular weight excluding hydrogens is 262 g/mol. The first-order chi connectivity index (χ1) is 10.2. The summed E-state index contributed by atoms with van der Waals surface area (Å²) in [5.41, 5.74) is 3.55. The number of hydrogen-bond acceptors (Lipinski definition) is 3. The lowest BCUT2D eigenvalue weighted by molar-refractivity contribution is -0.00979. The van der Waals surface area contributed by atoms with Crippen molar-refractivity contribution in [2.45, 2.75) is 38.5 Å². The highest BCUT2D eigenvalue weighted by Crippen LogP contribution is 2.59. The minimum atomic E-state index is -0.154. The summed E-state index contributed by atoms with van der Waals surface area (Å²) < 4.78 is 0. The van der Waals surface area contributed by atoms with E-state index in [2.05, 4.69) is 21.7 Å². The van der Waals surface area contributed by atoms with Gasteiger partial charge in [0.15, 0.2) is 0 Å². The molecule has 0 spiro atoms. The Morgan fingerprint density at radius 2 is 1.71 bits per heavy atom. The van der Waals surface area contributed by atoms with E-state index >= 15 is 0 Å². The van der Waals surface area contributed by atoms with Crippen LogP contribution in [0.15, 0.2) is 29.6 Å². The zero-order chi connectivity index (χ0) is 14.3. The molecule has 1 heterocycles. The van der Waals surface area contributed by atoms with Crippen molar-refractivity contribution in [2.24, 2.45) is 28.3 Å². The fourth-order valence-electron chi connectivity index (χ4n) is 5.13. The van der Waals surface area contributed by atoms with Gasteiger partial charge in [0.25, 0.3) is 5.91 Å². The normalized spacial score (nSPS) is 37.0. The Bertz CT molecular complexity index is 531. The fourth-order valence-corrected chi connectivity index (χ4v) is 5.13. The summed E-state index contributed by atoms with van der Waals surface area (Å²) in [6, 6.07) is 3.41. The maximum atomic E-state index is 12.0. The summed E-state index contributed by atoms with van der Waals surface area (Å²) >= 11 is 0. The van der Waals surface area contributed by atoms with Gasteiger partial charge in [-0.1, -0.05) is 0 Å². The largest absolute Gasteiger partial charge is 0.271 e. The summed E-state index contributed by atoms with van der Waals surface area (Å²) in [6.07, 6.45) is 13.4. The first-order valence-electron chi connectivity index (χ1n) is 7.97. The van der Waals surface area contributed by atoms with Gasteiger partial charge in [0, 0.05) is 29.6 Å². The van der Waals surface area contributed by atoms with E-state index in [1.807, 2.05) is 0 Å². The summed E-state index contributed by atoms with van der Waals surface area (Å²) in [4.78, 5) is 15.9. The average molecular weight is 283 g/mol. The fraction of sp³-hybridized carbons (Fsp3) is 0.588. The highest BCUT2D eigenvalue weighted by molar-refractivity contribution is 5.94. The molecule has 110 valence electrons. The van der Waals surface area contributed by atoms with E-state index in [4.69, 9.17) is 0 Å². The molecule has 4 fully saturated rings. The van der Waals surface area contributed by atoms with Crippen LogP contribution in [0.3, 0.4) is 0 Å². The molecule has 5 rings (SSSR count). The monoisotopic (exact) mass is 283 g/mol. The summed E-state index contributed by atoms with van der Waals surface area (Å²) in [5, 5.41) is 4.29. The SMILES string of the molecule is O=C(N/N=C/C12CC3CC(CC(C3)C1)C2)c1ccncc1. The van der Waals surface area contributed by atoms with Crippen molar-refractivity contribution in [2.75, 3.05) is 0 Å². The van der Waals surface area contributed by atoms with Crippen LogP contribution in [0, 0.1) is 23.2 Å². The Labute approximate surface area is 125 Å². The van der Waals surface area contributed by atoms with Crippen molar-refractivity contribution in [3.05, 3.63) is 30.1 Å². The predicted octanol–water partition coefficient (Wildman–Crippen LogP) is 3.01. The molecule has 0 saturated heterocycles. The standard InChI is InChI=1S/C17H21N3O/c21-16(15-1-3-18-4-2-15)20-19-11-17-8-12-5-13(9-17)7-14(6-12)10-17/h1-4,11-14H,5-10H2,(H,20,21)/b19-11+. The van der Waals surface area contributed by atoms with Crippen molar-refractivity contribution < 1.29 is 4.79 Å². The van der Waals surface area contributed by atoms with Gasteiger partial charge in [0.1, 0.15) is 0 Å². The lowest BCUT2D eigenvalue weighted by Gasteiger charge is -2.55. The van der Waals surface area contributed by atoms with Crippen LogP contribution < -0.4 is 5.43 Å². The minimum absolute atomic E-state index is 0.154. The van der Waals surface area contributed by atoms with E-state index in [0.29, 0.717) is 5.56 Å². The molecule has 4 heteroatoms. The number of carbonyl (C=O) groups excluding carboxylic acids is 1. The Balaban J connectivity index is 1.43. The molecule has 0 unspecified atom stereocenters. The van der Waals surface area contributed by atoms with E-state index < -0.39 is 0 Å². The van der Waals surface area contributed by atoms with Crippen LogP contribution in [-0.4, -0.2) is 17.1 Å². The van der Waals surface area contributed by atoms with Gasteiger partial charge in [-0.05, 0) is 68.4 Å². The summed E-state index contributed by atoms with van der Waals surface area (Å²) in [7, 11) is 0. The van der Waals surface area contributed by atoms with E-state index in [0.717, 1.165) is 17.8 Å². The number of hydrazone groups is 1. The molecule has 4 nitrogen and oxygen atoms in total. The van der Waals surface area contributed by atoms with Gasteiger partial charge < -0.3 is 0 Å². The zero-order valence-electron chi connectivity index (χ0n) is 12.2. The van der Waals surface area contributed by atoms with Crippen molar-refractivity contribution in [1.82, 2.24) is 10.4 Å². The van der Waals surface area contributed by atoms with Gasteiger partial charge in [-0.2, -0.15) is 5.10 Å². The van der Waals surface area contributed by atoms with E-state index in [-0.39, 0.29) is 11.3 Å². The van der Waals surface area contributed by atoms with Gasteiger partial charge in [-0.3, -0.25) is 9.78 Å². The molecule has 1 N–H and O–H groups in total. The molecule has 0 aromatic carbocycles. The van der Waals surface area contributed by atoms with Crippen molar-refractivity contribution in [1.29, 1.82) is 0 Å². The number of nitrogens with one attached hydrogen (secondary N) is 1. The van der Waals surface area contributed by atoms with E-state index in [9.17, 15) is 4.79 Å². The van der Waals surface area contributed by atoms with Crippen molar-refractivity contribution >= 4 is 12.1 Å². The van der Waals surface area contributed by atoms with Crippen LogP contribution in [0.2, 0.25) is 0 Å². The van der Waals surface area contributed by atoms with Crippen LogP contribution >= 0.6 is 0 Å². The highest BCUT2D eigenvalue weighted by atomic mass is 16.2. The van der Waals surface area contributed by atoms with Crippen molar-refractivity contribution in [3.63, 3.8) is 0 Å². The van der Waals surface area contributed by atoms with Crippen molar-refractivity contribution in [3.8, 4) is 0 Å². The van der Waals surface area contributed by atoms with Gasteiger partial charge >= 0.3 is 0 Å². The molecule has 1 amide bonds. The first kappa shape index (κ1) is 13.0. The highest BCUT2D eigenvalue weighted by Gasteiger charge is 2.50. The summed E-state index contributed by atoms with van der Waals surface area (Å²) in [5.74, 6) is 2.55. The molecule has 4 aliphatic rings. The topological polar surface area (TPSA) is 54.4 Å². The lowest BCUT2D eigenvalue weighted by Crippen LogP contribution is -2.47. The third-order valence-corrected chi connectivity index (χ3v) is 5.53. The molecule has 1 aromatic heterocycles. The Hall–Kier alpha value is -1.71. The molecular formula is C17H21N3O. The van der Waals surface area contributed by atoms with E-state index in [1.54, 1.807) is 24.5 Å². The van der Waals surface area contributed by atoms with Gasteiger partial charge in [0.2, 0.25) is 0 Å². The molecule has 4 saturated carbocycles. The second-order valence-electron chi connectivity index (χ2n) is 7.21. The van der Waals surface area contributed by atoms with Gasteiger partial charge in [0.05, 0.1) is 0 Å². The number of amides is 1. The molecule has 1 aromatic rings. The third-order valence-electron chi connectivity index (χ3n) is 5.53. The van der Waals surface area contributed by atoms with Gasteiger partial charge in [-0.15, -0.1) is 0 Å². The molecule has 21 heavy (non-hydrogen) atoms. The number of carbonyl (C=O) groups is 1. The second-order valence-corrected chi connectivity index (χ2v) is 7.21. The van der Waals surface area contributed by atoms with Crippen LogP contribution in [-0.2, 0) is 0 Å². The quantitative estimate of drug-likeness (QED) is 0.685. The first-order valence-corrected chi connectivity index (χ1v) is 7.97. The lowest BCUT2D eigenvalue weighted by atomic mass is 9.50. The average Bonchev–Trinajstić information content (AvgIpc) is 2.46. The van der Waals surface area contributed by atoms with Crippen LogP contribution in [0.4, 0.5) is 0 Å². The van der Waals surface area contributed by atoms with E-state index in [1.165, 1.54) is 38.5 Å². The molecule has 0 radical (unpaired) electrons. The van der Waals surface area contributed by atoms with Crippen LogP contribution in [0.1, 0.15) is 48.9 Å². The molecule has 0 aliphatic heterocycles. The number of rotatable bonds is 3. The number of aromatic nitrogens is 1. The smallest absolute Gasteiger partial charge is 0.267 e. The second kappa shape index (κ2) is 4.93. The predicted molar refractivity (Wildman–Crippen MR) is 80.8 cm³/mol. The number of nitrogens with zero attached hydrogens (tertiary/aromatic N) is 2. The summed E-state index contributed by atoms with van der Waals surface area (Å²) in [6.45, 7) is 0. The molecule has 4 bridgehead atoms. The molecule has 0 atom stereocenters. The third kappa shape index (κ3) is 2.47. The van der Waals surface area contributed by atoms with Gasteiger partial charge in [-0.25, -0.2) is 5.43 Å². The maximum absolute atomic E-state index is 12.0. The molecule has 4 aliphatic carbocycles. The minimum Gasteiger partial charge on any atom is -0.267 e. The zero-order valence-corrected chi connectivity index (χ0v) is 12.2. The Kier molecular flexibility index (Phi) is 3.05. The number of pyridine rings is 1. The van der Waals surface area contributed by atoms with Crippen LogP contribution in [0.5, 0.6) is 0 Å².